The molecule has 0 spiro atoms. The third kappa shape index (κ3) is 4.69. The number of thiophene rings is 1. The van der Waals surface area contributed by atoms with Gasteiger partial charge in [-0.3, -0.25) is 14.2 Å². The topological polar surface area (TPSA) is 55.2 Å². The second kappa shape index (κ2) is 9.86. The van der Waals surface area contributed by atoms with Crippen molar-refractivity contribution >= 4 is 39.2 Å². The second-order valence-corrected chi connectivity index (χ2v) is 12.2. The van der Waals surface area contributed by atoms with Gasteiger partial charge in [0, 0.05) is 17.0 Å². The van der Waals surface area contributed by atoms with Crippen LogP contribution in [0.15, 0.2) is 28.2 Å². The van der Waals surface area contributed by atoms with E-state index in [0.29, 0.717) is 11.1 Å². The molecule has 1 atom stereocenters. The lowest BCUT2D eigenvalue weighted by Crippen LogP contribution is -2.43. The average molecular weight is 498 g/mol. The van der Waals surface area contributed by atoms with Crippen molar-refractivity contribution in [3.63, 3.8) is 0 Å². The predicted molar refractivity (Wildman–Crippen MR) is 144 cm³/mol. The van der Waals surface area contributed by atoms with Crippen LogP contribution in [0.1, 0.15) is 62.6 Å². The highest BCUT2D eigenvalue weighted by Crippen LogP contribution is 2.37. The number of rotatable bonds is 6. The summed E-state index contributed by atoms with van der Waals surface area (Å²) in [6.07, 6.45) is 3.05. The van der Waals surface area contributed by atoms with E-state index in [9.17, 15) is 9.59 Å². The molecule has 0 saturated carbocycles. The van der Waals surface area contributed by atoms with Gasteiger partial charge in [-0.25, -0.2) is 4.98 Å². The van der Waals surface area contributed by atoms with Gasteiger partial charge in [-0.05, 0) is 89.5 Å². The van der Waals surface area contributed by atoms with Crippen LogP contribution < -0.4 is 5.56 Å². The first-order valence-corrected chi connectivity index (χ1v) is 14.0. The molecule has 0 N–H and O–H groups in total. The van der Waals surface area contributed by atoms with Gasteiger partial charge in [-0.2, -0.15) is 0 Å². The van der Waals surface area contributed by atoms with Crippen LogP contribution in [-0.2, 0) is 17.6 Å². The molecule has 5 nitrogen and oxygen atoms in total. The van der Waals surface area contributed by atoms with E-state index in [1.54, 1.807) is 15.9 Å². The SMILES string of the molecule is Cc1ccc(C)c(-n2c(SCC(=O)N(C(C)C)C(C)C)nc3sc4c(c3c2=O)CCC(C)C4)c1. The minimum atomic E-state index is -0.00900. The molecule has 34 heavy (non-hydrogen) atoms. The molecule has 0 aliphatic heterocycles. The molecular weight excluding hydrogens is 462 g/mol. The summed E-state index contributed by atoms with van der Waals surface area (Å²) in [5, 5.41) is 1.37. The van der Waals surface area contributed by atoms with Crippen molar-refractivity contribution in [2.75, 3.05) is 5.75 Å². The maximum Gasteiger partial charge on any atom is 0.267 e. The van der Waals surface area contributed by atoms with E-state index in [1.807, 2.05) is 58.6 Å². The molecule has 1 aliphatic carbocycles. The van der Waals surface area contributed by atoms with Gasteiger partial charge in [0.25, 0.3) is 5.56 Å². The molecule has 0 bridgehead atoms. The van der Waals surface area contributed by atoms with Gasteiger partial charge in [0.1, 0.15) is 4.83 Å². The number of aromatic nitrogens is 2. The monoisotopic (exact) mass is 497 g/mol. The fourth-order valence-electron chi connectivity index (χ4n) is 5.01. The van der Waals surface area contributed by atoms with Gasteiger partial charge >= 0.3 is 0 Å². The number of benzene rings is 1. The number of thioether (sulfide) groups is 1. The quantitative estimate of drug-likeness (QED) is 0.313. The highest BCUT2D eigenvalue weighted by molar-refractivity contribution is 7.99. The Morgan fingerprint density at radius 2 is 1.94 bits per heavy atom. The summed E-state index contributed by atoms with van der Waals surface area (Å²) in [4.78, 5) is 36.2. The fraction of sp³-hybridized carbons (Fsp3) is 0.519. The summed E-state index contributed by atoms with van der Waals surface area (Å²) in [7, 11) is 0. The summed E-state index contributed by atoms with van der Waals surface area (Å²) < 4.78 is 1.75. The van der Waals surface area contributed by atoms with Gasteiger partial charge < -0.3 is 4.90 Å². The van der Waals surface area contributed by atoms with E-state index in [0.717, 1.165) is 46.3 Å². The Balaban J connectivity index is 1.85. The van der Waals surface area contributed by atoms with Crippen molar-refractivity contribution in [2.24, 2.45) is 5.92 Å². The fourth-order valence-corrected chi connectivity index (χ4v) is 7.31. The third-order valence-corrected chi connectivity index (χ3v) is 8.70. The number of fused-ring (bicyclic) bond motifs is 3. The molecule has 2 aromatic heterocycles. The molecule has 1 aliphatic rings. The molecule has 0 fully saturated rings. The lowest BCUT2D eigenvalue weighted by atomic mass is 9.89. The van der Waals surface area contributed by atoms with Crippen LogP contribution in [0.3, 0.4) is 0 Å². The Morgan fingerprint density at radius 3 is 2.62 bits per heavy atom. The number of amides is 1. The van der Waals surface area contributed by atoms with Crippen LogP contribution in [0.5, 0.6) is 0 Å². The van der Waals surface area contributed by atoms with E-state index in [4.69, 9.17) is 4.98 Å². The van der Waals surface area contributed by atoms with Crippen LogP contribution in [0.25, 0.3) is 15.9 Å². The molecule has 182 valence electrons. The number of hydrogen-bond acceptors (Lipinski definition) is 5. The van der Waals surface area contributed by atoms with Crippen molar-refractivity contribution in [2.45, 2.75) is 85.0 Å². The predicted octanol–water partition coefficient (Wildman–Crippen LogP) is 5.93. The Bertz CT molecular complexity index is 1280. The van der Waals surface area contributed by atoms with Crippen LogP contribution >= 0.6 is 23.1 Å². The van der Waals surface area contributed by atoms with Crippen molar-refractivity contribution in [1.29, 1.82) is 0 Å². The molecule has 3 aromatic rings. The van der Waals surface area contributed by atoms with Crippen LogP contribution in [0.4, 0.5) is 0 Å². The van der Waals surface area contributed by atoms with Crippen LogP contribution in [0, 0.1) is 19.8 Å². The summed E-state index contributed by atoms with van der Waals surface area (Å²) in [5.74, 6) is 0.948. The third-order valence-electron chi connectivity index (χ3n) is 6.63. The standard InChI is InChI=1S/C27H35N3O2S2/c1-15(2)29(16(3)4)23(31)14-33-27-28-25-24(20-11-9-18(6)13-22(20)34-25)26(32)30(27)21-12-17(5)8-10-19(21)7/h8,10,12,15-16,18H,9,11,13-14H2,1-7H3. The summed E-state index contributed by atoms with van der Waals surface area (Å²) in [5.41, 5.74) is 4.14. The summed E-state index contributed by atoms with van der Waals surface area (Å²) in [6, 6.07) is 6.39. The van der Waals surface area contributed by atoms with E-state index in [-0.39, 0.29) is 29.3 Å². The average Bonchev–Trinajstić information content (AvgIpc) is 3.11. The van der Waals surface area contributed by atoms with E-state index in [2.05, 4.69) is 13.0 Å². The van der Waals surface area contributed by atoms with Crippen molar-refractivity contribution < 1.29 is 4.79 Å². The molecule has 0 saturated heterocycles. The first kappa shape index (κ1) is 25.0. The highest BCUT2D eigenvalue weighted by atomic mass is 32.2. The van der Waals surface area contributed by atoms with E-state index in [1.165, 1.54) is 22.2 Å². The molecule has 1 unspecified atom stereocenters. The lowest BCUT2D eigenvalue weighted by molar-refractivity contribution is -0.131. The number of hydrogen-bond donors (Lipinski definition) is 0. The second-order valence-electron chi connectivity index (χ2n) is 10.1. The van der Waals surface area contributed by atoms with Gasteiger partial charge in [0.15, 0.2) is 5.16 Å². The zero-order valence-electron chi connectivity index (χ0n) is 21.3. The Kier molecular flexibility index (Phi) is 7.25. The number of aryl methyl sites for hydroxylation is 3. The van der Waals surface area contributed by atoms with Crippen molar-refractivity contribution in [3.8, 4) is 5.69 Å². The first-order valence-electron chi connectivity index (χ1n) is 12.2. The van der Waals surface area contributed by atoms with E-state index < -0.39 is 0 Å². The first-order chi connectivity index (χ1) is 16.1. The molecule has 1 aromatic carbocycles. The summed E-state index contributed by atoms with van der Waals surface area (Å²) in [6.45, 7) is 14.5. The molecule has 7 heteroatoms. The van der Waals surface area contributed by atoms with Gasteiger partial charge in [0.2, 0.25) is 5.91 Å². The Morgan fingerprint density at radius 1 is 1.24 bits per heavy atom. The minimum absolute atomic E-state index is 0.00900. The zero-order valence-corrected chi connectivity index (χ0v) is 22.9. The Hall–Kier alpha value is -2.12. The maximum absolute atomic E-state index is 14.0. The van der Waals surface area contributed by atoms with Crippen LogP contribution in [-0.4, -0.2) is 38.2 Å². The maximum atomic E-state index is 14.0. The van der Waals surface area contributed by atoms with E-state index >= 15 is 0 Å². The van der Waals surface area contributed by atoms with Gasteiger partial charge in [-0.1, -0.05) is 30.8 Å². The van der Waals surface area contributed by atoms with Crippen LogP contribution in [0.2, 0.25) is 0 Å². The molecule has 1 amide bonds. The largest absolute Gasteiger partial charge is 0.337 e. The Labute approximate surface area is 210 Å². The summed E-state index contributed by atoms with van der Waals surface area (Å²) >= 11 is 3.03. The van der Waals surface area contributed by atoms with Gasteiger partial charge in [-0.15, -0.1) is 11.3 Å². The van der Waals surface area contributed by atoms with Crippen molar-refractivity contribution in [3.05, 3.63) is 50.1 Å². The number of carbonyl (C=O) groups is 1. The lowest BCUT2D eigenvalue weighted by Gasteiger charge is -2.30. The normalized spacial score (nSPS) is 15.9. The number of nitrogens with zero attached hydrogens (tertiary/aromatic N) is 3. The molecule has 2 heterocycles. The van der Waals surface area contributed by atoms with Gasteiger partial charge in [0.05, 0.1) is 16.8 Å². The highest BCUT2D eigenvalue weighted by Gasteiger charge is 2.27. The zero-order chi connectivity index (χ0) is 24.7. The van der Waals surface area contributed by atoms with Crippen molar-refractivity contribution in [1.82, 2.24) is 14.5 Å². The minimum Gasteiger partial charge on any atom is -0.337 e. The molecular formula is C27H35N3O2S2. The molecule has 0 radical (unpaired) electrons. The molecule has 4 rings (SSSR count). The number of carbonyl (C=O) groups excluding carboxylic acids is 1. The smallest absolute Gasteiger partial charge is 0.267 e.